The second-order valence-corrected chi connectivity index (χ2v) is 6.68. The van der Waals surface area contributed by atoms with Crippen LogP contribution in [0.3, 0.4) is 0 Å². The van der Waals surface area contributed by atoms with E-state index >= 15 is 0 Å². The maximum Gasteiger partial charge on any atom is 0.240 e. The summed E-state index contributed by atoms with van der Waals surface area (Å²) < 4.78 is 18.2. The van der Waals surface area contributed by atoms with E-state index in [1.165, 1.54) is 6.08 Å². The van der Waals surface area contributed by atoms with Crippen LogP contribution in [-0.4, -0.2) is 9.78 Å². The maximum atomic E-state index is 10.9. The summed E-state index contributed by atoms with van der Waals surface area (Å²) in [7, 11) is -4.76. The van der Waals surface area contributed by atoms with Crippen molar-refractivity contribution in [1.82, 2.24) is 9.78 Å². The molecule has 0 spiro atoms. The second kappa shape index (κ2) is 7.49. The van der Waals surface area contributed by atoms with Gasteiger partial charge in [0.2, 0.25) is 5.88 Å². The van der Waals surface area contributed by atoms with Gasteiger partial charge in [0.1, 0.15) is 6.61 Å². The monoisotopic (exact) mass is 354 g/mol. The van der Waals surface area contributed by atoms with Gasteiger partial charge in [-0.25, -0.2) is 4.68 Å². The van der Waals surface area contributed by atoms with Crippen molar-refractivity contribution in [2.75, 3.05) is 0 Å². The molecule has 3 aromatic rings. The van der Waals surface area contributed by atoms with E-state index in [-0.39, 0.29) is 12.5 Å². The van der Waals surface area contributed by atoms with E-state index in [4.69, 9.17) is 4.74 Å². The summed E-state index contributed by atoms with van der Waals surface area (Å²) in [4.78, 5) is 21.8. The predicted molar refractivity (Wildman–Crippen MR) is 91.0 cm³/mol. The zero-order chi connectivity index (χ0) is 17.7. The molecule has 0 aliphatic carbocycles. The predicted octanol–water partition coefficient (Wildman–Crippen LogP) is 2.34. The number of benzene rings is 2. The molecule has 7 heteroatoms. The average molecular weight is 354 g/mol. The minimum Gasteiger partial charge on any atom is -0.808 e. The Kier molecular flexibility index (Phi) is 5.14. The molecule has 2 aromatic carbocycles. The number of hydrogen-bond donors (Lipinski definition) is 0. The lowest BCUT2D eigenvalue weighted by Crippen LogP contribution is -2.10. The first-order valence-electron chi connectivity index (χ1n) is 7.54. The van der Waals surface area contributed by atoms with Gasteiger partial charge in [-0.15, -0.1) is 5.10 Å². The third-order valence-electron chi connectivity index (χ3n) is 3.38. The number of rotatable bonds is 6. The molecule has 0 fully saturated rings. The molecular weight excluding hydrogens is 339 g/mol. The van der Waals surface area contributed by atoms with Crippen LogP contribution in [0.5, 0.6) is 5.88 Å². The summed E-state index contributed by atoms with van der Waals surface area (Å²) in [6.45, 7) is 0.278. The highest BCUT2D eigenvalue weighted by atomic mass is 31.2. The van der Waals surface area contributed by atoms with Gasteiger partial charge in [0.25, 0.3) is 0 Å². The molecule has 0 saturated heterocycles. The van der Waals surface area contributed by atoms with Crippen molar-refractivity contribution in [2.45, 2.75) is 6.61 Å². The minimum atomic E-state index is -4.76. The van der Waals surface area contributed by atoms with Crippen LogP contribution in [0, 0.1) is 0 Å². The summed E-state index contributed by atoms with van der Waals surface area (Å²) >= 11 is 0. The van der Waals surface area contributed by atoms with E-state index in [9.17, 15) is 14.4 Å². The van der Waals surface area contributed by atoms with Gasteiger partial charge in [0, 0.05) is 6.20 Å². The second-order valence-electron chi connectivity index (χ2n) is 5.30. The van der Waals surface area contributed by atoms with Crippen molar-refractivity contribution >= 4 is 13.7 Å². The summed E-state index contributed by atoms with van der Waals surface area (Å²) in [5.74, 6) is 0.867. The summed E-state index contributed by atoms with van der Waals surface area (Å²) in [5.41, 5.74) is 2.15. The lowest BCUT2D eigenvalue weighted by molar-refractivity contribution is -0.308. The quantitative estimate of drug-likeness (QED) is 0.634. The van der Waals surface area contributed by atoms with Gasteiger partial charge in [-0.05, 0) is 31.4 Å². The highest BCUT2D eigenvalue weighted by molar-refractivity contribution is 7.52. The molecule has 1 heterocycles. The van der Waals surface area contributed by atoms with Crippen LogP contribution in [-0.2, 0) is 11.2 Å². The molecule has 25 heavy (non-hydrogen) atoms. The highest BCUT2D eigenvalue weighted by Gasteiger charge is 2.10. The first-order valence-corrected chi connectivity index (χ1v) is 9.15. The van der Waals surface area contributed by atoms with Gasteiger partial charge in [-0.2, -0.15) is 0 Å². The molecule has 1 aromatic heterocycles. The van der Waals surface area contributed by atoms with Crippen molar-refractivity contribution in [3.8, 4) is 11.6 Å². The van der Waals surface area contributed by atoms with Crippen LogP contribution in [0.4, 0.5) is 0 Å². The molecule has 0 bridgehead atoms. The lowest BCUT2D eigenvalue weighted by atomic mass is 10.2. The van der Waals surface area contributed by atoms with E-state index < -0.39 is 7.60 Å². The topological polar surface area (TPSA) is 90.2 Å². The number of nitrogens with zero attached hydrogens (tertiary/aromatic N) is 2. The standard InChI is InChI=1S/C18H17N2O4P/c21-25(22,23)12-11-16-13-20(17-9-5-2-6-10-17)19-18(16)24-14-15-7-3-1-4-8-15/h1-13H,14H2,(H2,21,22,23)/p-2/b12-11+. The summed E-state index contributed by atoms with van der Waals surface area (Å²) in [6, 6.07) is 18.8. The zero-order valence-corrected chi connectivity index (χ0v) is 14.1. The Bertz CT molecular complexity index is 901. The van der Waals surface area contributed by atoms with E-state index in [1.807, 2.05) is 60.7 Å². The average Bonchev–Trinajstić information content (AvgIpc) is 3.02. The Hall–Kier alpha value is -2.66. The molecule has 6 nitrogen and oxygen atoms in total. The van der Waals surface area contributed by atoms with Gasteiger partial charge < -0.3 is 19.1 Å². The molecular formula is C18H15N2O4P-2. The highest BCUT2D eigenvalue weighted by Crippen LogP contribution is 2.29. The number of aromatic nitrogens is 2. The van der Waals surface area contributed by atoms with E-state index in [0.717, 1.165) is 11.3 Å². The molecule has 0 saturated carbocycles. The lowest BCUT2D eigenvalue weighted by Gasteiger charge is -2.24. The molecule has 0 amide bonds. The molecule has 3 rings (SSSR count). The van der Waals surface area contributed by atoms with Crippen molar-refractivity contribution in [1.29, 1.82) is 0 Å². The fourth-order valence-corrected chi connectivity index (χ4v) is 2.55. The van der Waals surface area contributed by atoms with Crippen molar-refractivity contribution in [2.24, 2.45) is 0 Å². The van der Waals surface area contributed by atoms with Crippen LogP contribution in [0.1, 0.15) is 11.1 Å². The SMILES string of the molecule is O=P([O-])([O-])/C=C/c1cn(-c2ccccc2)nc1OCc1ccccc1. The third kappa shape index (κ3) is 4.90. The van der Waals surface area contributed by atoms with Gasteiger partial charge in [-0.3, -0.25) is 0 Å². The van der Waals surface area contributed by atoms with Crippen LogP contribution in [0.25, 0.3) is 11.8 Å². The molecule has 0 N–H and O–H groups in total. The Morgan fingerprint density at radius 3 is 2.32 bits per heavy atom. The van der Waals surface area contributed by atoms with Gasteiger partial charge in [-0.1, -0.05) is 54.3 Å². The van der Waals surface area contributed by atoms with E-state index in [0.29, 0.717) is 11.4 Å². The Morgan fingerprint density at radius 1 is 1.04 bits per heavy atom. The molecule has 0 unspecified atom stereocenters. The number of ether oxygens (including phenoxy) is 1. The van der Waals surface area contributed by atoms with Gasteiger partial charge in [0.15, 0.2) is 0 Å². The van der Waals surface area contributed by atoms with Crippen LogP contribution < -0.4 is 14.5 Å². The molecule has 0 aliphatic heterocycles. The van der Waals surface area contributed by atoms with Crippen molar-refractivity contribution < 1.29 is 19.1 Å². The Balaban J connectivity index is 1.89. The molecule has 0 aliphatic rings. The Labute approximate surface area is 145 Å². The normalized spacial score (nSPS) is 11.8. The zero-order valence-electron chi connectivity index (χ0n) is 13.2. The molecule has 0 atom stereocenters. The smallest absolute Gasteiger partial charge is 0.240 e. The van der Waals surface area contributed by atoms with Crippen molar-refractivity contribution in [3.63, 3.8) is 0 Å². The van der Waals surface area contributed by atoms with Gasteiger partial charge in [0.05, 0.1) is 11.3 Å². The van der Waals surface area contributed by atoms with Crippen LogP contribution in [0.15, 0.2) is 72.7 Å². The largest absolute Gasteiger partial charge is 0.808 e. The van der Waals surface area contributed by atoms with E-state index in [1.54, 1.807) is 10.9 Å². The summed E-state index contributed by atoms with van der Waals surface area (Å²) in [5, 5.41) is 4.35. The first-order chi connectivity index (χ1) is 12.0. The van der Waals surface area contributed by atoms with Crippen LogP contribution >= 0.6 is 7.60 Å². The number of hydrogen-bond acceptors (Lipinski definition) is 5. The third-order valence-corrected chi connectivity index (χ3v) is 3.90. The van der Waals surface area contributed by atoms with Gasteiger partial charge >= 0.3 is 0 Å². The fourth-order valence-electron chi connectivity index (χ4n) is 2.21. The Morgan fingerprint density at radius 2 is 1.68 bits per heavy atom. The minimum absolute atomic E-state index is 0.248. The molecule has 128 valence electrons. The van der Waals surface area contributed by atoms with E-state index in [2.05, 4.69) is 5.10 Å². The summed E-state index contributed by atoms with van der Waals surface area (Å²) in [6.07, 6.45) is 2.81. The van der Waals surface area contributed by atoms with Crippen molar-refractivity contribution in [3.05, 3.63) is 83.8 Å². The number of para-hydroxylation sites is 1. The maximum absolute atomic E-state index is 10.9. The fraction of sp³-hybridized carbons (Fsp3) is 0.0556. The first kappa shape index (κ1) is 17.2. The molecule has 0 radical (unpaired) electrons. The van der Waals surface area contributed by atoms with Crippen LogP contribution in [0.2, 0.25) is 0 Å².